The molecule has 0 aromatic heterocycles. The maximum Gasteiger partial charge on any atom is 0.295 e. The number of carbonyl (C=O) groups is 2. The van der Waals surface area contributed by atoms with E-state index in [4.69, 9.17) is 9.47 Å². The summed E-state index contributed by atoms with van der Waals surface area (Å²) < 4.78 is 11.2. The molecule has 1 aliphatic rings. The number of likely N-dealkylation sites (tertiary alicyclic amines) is 1. The molecule has 1 atom stereocenters. The highest BCUT2D eigenvalue weighted by Gasteiger charge is 2.45. The SMILES string of the molecule is C=CCOc1ccc(/C(O)=C2\C(=O)C(=O)N(CCCN(C)C)[C@H]2c2ccc(OC(C)C)cc2)cc1. The highest BCUT2D eigenvalue weighted by Crippen LogP contribution is 2.40. The van der Waals surface area contributed by atoms with Crippen LogP contribution in [0.3, 0.4) is 0 Å². The van der Waals surface area contributed by atoms with Crippen molar-refractivity contribution in [1.82, 2.24) is 9.80 Å². The number of hydrogen-bond donors (Lipinski definition) is 1. The Hall–Kier alpha value is -3.58. The fourth-order valence-corrected chi connectivity index (χ4v) is 4.04. The fourth-order valence-electron chi connectivity index (χ4n) is 4.04. The number of ketones is 1. The van der Waals surface area contributed by atoms with Crippen LogP contribution in [0.2, 0.25) is 0 Å². The normalized spacial score (nSPS) is 17.3. The first-order valence-electron chi connectivity index (χ1n) is 11.8. The largest absolute Gasteiger partial charge is 0.507 e. The Bertz CT molecular complexity index is 1070. The van der Waals surface area contributed by atoms with Gasteiger partial charge in [-0.3, -0.25) is 9.59 Å². The van der Waals surface area contributed by atoms with E-state index in [1.165, 1.54) is 0 Å². The van der Waals surface area contributed by atoms with Crippen LogP contribution >= 0.6 is 0 Å². The standard InChI is InChI=1S/C28H34N2O5/c1-6-18-34-22-12-10-21(11-13-22)26(31)24-25(20-8-14-23(15-9-20)35-19(2)3)30(28(33)27(24)32)17-7-16-29(4)5/h6,8-15,19,25,31H,1,7,16-18H2,2-5H3/b26-24+/t25-/m0/s1. The van der Waals surface area contributed by atoms with Gasteiger partial charge in [0.05, 0.1) is 17.7 Å². The quantitative estimate of drug-likeness (QED) is 0.223. The first-order valence-corrected chi connectivity index (χ1v) is 11.8. The van der Waals surface area contributed by atoms with E-state index in [0.29, 0.717) is 36.6 Å². The van der Waals surface area contributed by atoms with Crippen LogP contribution in [0.5, 0.6) is 11.5 Å². The van der Waals surface area contributed by atoms with Gasteiger partial charge in [0.25, 0.3) is 11.7 Å². The maximum atomic E-state index is 13.2. The minimum Gasteiger partial charge on any atom is -0.507 e. The predicted molar refractivity (Wildman–Crippen MR) is 137 cm³/mol. The van der Waals surface area contributed by atoms with Crippen LogP contribution in [0.1, 0.15) is 37.4 Å². The lowest BCUT2D eigenvalue weighted by Gasteiger charge is -2.26. The Morgan fingerprint density at radius 3 is 2.29 bits per heavy atom. The molecular formula is C28H34N2O5. The summed E-state index contributed by atoms with van der Waals surface area (Å²) in [6.45, 7) is 9.04. The van der Waals surface area contributed by atoms with Gasteiger partial charge in [-0.1, -0.05) is 24.8 Å². The molecule has 35 heavy (non-hydrogen) atoms. The predicted octanol–water partition coefficient (Wildman–Crippen LogP) is 4.41. The van der Waals surface area contributed by atoms with Crippen molar-refractivity contribution >= 4 is 17.4 Å². The zero-order valence-electron chi connectivity index (χ0n) is 20.9. The third-order valence-corrected chi connectivity index (χ3v) is 5.61. The van der Waals surface area contributed by atoms with Crippen LogP contribution in [0, 0.1) is 0 Å². The van der Waals surface area contributed by atoms with Crippen LogP contribution in [0.25, 0.3) is 5.76 Å². The maximum absolute atomic E-state index is 13.2. The minimum atomic E-state index is -0.693. The van der Waals surface area contributed by atoms with Crippen molar-refractivity contribution in [3.05, 3.63) is 77.9 Å². The van der Waals surface area contributed by atoms with Crippen molar-refractivity contribution in [2.24, 2.45) is 0 Å². The summed E-state index contributed by atoms with van der Waals surface area (Å²) in [5.74, 6) is -0.192. The summed E-state index contributed by atoms with van der Waals surface area (Å²) in [6.07, 6.45) is 2.36. The van der Waals surface area contributed by atoms with E-state index in [9.17, 15) is 14.7 Å². The Balaban J connectivity index is 2.01. The monoisotopic (exact) mass is 478 g/mol. The highest BCUT2D eigenvalue weighted by atomic mass is 16.5. The molecule has 1 amide bonds. The summed E-state index contributed by atoms with van der Waals surface area (Å²) in [4.78, 5) is 29.8. The second-order valence-electron chi connectivity index (χ2n) is 9.01. The fraction of sp³-hybridized carbons (Fsp3) is 0.357. The van der Waals surface area contributed by atoms with Gasteiger partial charge in [0.1, 0.15) is 23.9 Å². The number of benzene rings is 2. The van der Waals surface area contributed by atoms with Gasteiger partial charge in [0.15, 0.2) is 0 Å². The van der Waals surface area contributed by atoms with E-state index in [0.717, 1.165) is 12.1 Å². The van der Waals surface area contributed by atoms with Crippen LogP contribution in [-0.2, 0) is 9.59 Å². The van der Waals surface area contributed by atoms with E-state index in [-0.39, 0.29) is 17.4 Å². The van der Waals surface area contributed by atoms with E-state index < -0.39 is 17.7 Å². The van der Waals surface area contributed by atoms with Gasteiger partial charge in [-0.15, -0.1) is 0 Å². The molecule has 2 aromatic rings. The molecule has 0 bridgehead atoms. The molecule has 0 radical (unpaired) electrons. The number of carbonyl (C=O) groups excluding carboxylic acids is 2. The van der Waals surface area contributed by atoms with E-state index in [1.807, 2.05) is 57.1 Å². The summed E-state index contributed by atoms with van der Waals surface area (Å²) in [7, 11) is 3.92. The molecule has 7 nitrogen and oxygen atoms in total. The Morgan fingerprint density at radius 1 is 1.09 bits per heavy atom. The van der Waals surface area contributed by atoms with Crippen molar-refractivity contribution in [3.63, 3.8) is 0 Å². The Kier molecular flexibility index (Phi) is 8.71. The molecule has 186 valence electrons. The summed E-state index contributed by atoms with van der Waals surface area (Å²) >= 11 is 0. The van der Waals surface area contributed by atoms with Crippen molar-refractivity contribution in [3.8, 4) is 11.5 Å². The van der Waals surface area contributed by atoms with Crippen molar-refractivity contribution in [2.75, 3.05) is 33.8 Å². The van der Waals surface area contributed by atoms with Crippen LogP contribution in [0.15, 0.2) is 66.8 Å². The van der Waals surface area contributed by atoms with Gasteiger partial charge >= 0.3 is 0 Å². The van der Waals surface area contributed by atoms with Gasteiger partial charge in [0, 0.05) is 12.1 Å². The Morgan fingerprint density at radius 2 is 1.71 bits per heavy atom. The zero-order chi connectivity index (χ0) is 25.5. The van der Waals surface area contributed by atoms with Crippen molar-refractivity contribution < 1.29 is 24.2 Å². The van der Waals surface area contributed by atoms with E-state index >= 15 is 0 Å². The lowest BCUT2D eigenvalue weighted by Crippen LogP contribution is -2.32. The molecule has 1 fully saturated rings. The van der Waals surface area contributed by atoms with Crippen LogP contribution in [-0.4, -0.2) is 66.5 Å². The van der Waals surface area contributed by atoms with E-state index in [2.05, 4.69) is 6.58 Å². The second kappa shape index (κ2) is 11.7. The minimum absolute atomic E-state index is 0.0240. The van der Waals surface area contributed by atoms with Crippen LogP contribution in [0.4, 0.5) is 0 Å². The van der Waals surface area contributed by atoms with E-state index in [1.54, 1.807) is 35.2 Å². The van der Waals surface area contributed by atoms with Crippen LogP contribution < -0.4 is 9.47 Å². The third-order valence-electron chi connectivity index (χ3n) is 5.61. The first kappa shape index (κ1) is 26.0. The van der Waals surface area contributed by atoms with Crippen molar-refractivity contribution in [2.45, 2.75) is 32.4 Å². The average Bonchev–Trinajstić information content (AvgIpc) is 3.07. The molecule has 1 N–H and O–H groups in total. The molecule has 0 unspecified atom stereocenters. The van der Waals surface area contributed by atoms with Gasteiger partial charge in [-0.25, -0.2) is 0 Å². The van der Waals surface area contributed by atoms with Crippen molar-refractivity contribution in [1.29, 1.82) is 0 Å². The van der Waals surface area contributed by atoms with Gasteiger partial charge in [0.2, 0.25) is 0 Å². The smallest absolute Gasteiger partial charge is 0.295 e. The van der Waals surface area contributed by atoms with Gasteiger partial charge < -0.3 is 24.4 Å². The number of rotatable bonds is 11. The number of Topliss-reactive ketones (excluding diaryl/α,β-unsaturated/α-hetero) is 1. The van der Waals surface area contributed by atoms with Gasteiger partial charge in [-0.2, -0.15) is 0 Å². The lowest BCUT2D eigenvalue weighted by molar-refractivity contribution is -0.139. The number of amides is 1. The number of ether oxygens (including phenoxy) is 2. The topological polar surface area (TPSA) is 79.3 Å². The molecular weight excluding hydrogens is 444 g/mol. The molecule has 1 saturated heterocycles. The number of hydrogen-bond acceptors (Lipinski definition) is 6. The number of aliphatic hydroxyl groups excluding tert-OH is 1. The molecule has 1 aliphatic heterocycles. The summed E-state index contributed by atoms with van der Waals surface area (Å²) in [5.41, 5.74) is 1.25. The van der Waals surface area contributed by atoms with Gasteiger partial charge in [-0.05, 0) is 82.9 Å². The molecule has 2 aromatic carbocycles. The number of nitrogens with zero attached hydrogens (tertiary/aromatic N) is 2. The molecule has 7 heteroatoms. The second-order valence-corrected chi connectivity index (χ2v) is 9.01. The molecule has 0 spiro atoms. The Labute approximate surface area is 207 Å². The molecule has 3 rings (SSSR count). The first-order chi connectivity index (χ1) is 16.7. The zero-order valence-corrected chi connectivity index (χ0v) is 20.9. The summed E-state index contributed by atoms with van der Waals surface area (Å²) in [5, 5.41) is 11.2. The lowest BCUT2D eigenvalue weighted by atomic mass is 9.95. The summed E-state index contributed by atoms with van der Waals surface area (Å²) in [6, 6.07) is 13.4. The highest BCUT2D eigenvalue weighted by molar-refractivity contribution is 6.46. The molecule has 0 saturated carbocycles. The number of aliphatic hydroxyl groups is 1. The average molecular weight is 479 g/mol. The third kappa shape index (κ3) is 6.31. The molecule has 1 heterocycles. The molecule has 0 aliphatic carbocycles.